The lowest BCUT2D eigenvalue weighted by Crippen LogP contribution is -2.33. The first-order chi connectivity index (χ1) is 7.22. The molecule has 2 N–H and O–H groups in total. The zero-order valence-electron chi connectivity index (χ0n) is 9.83. The maximum Gasteiger partial charge on any atom is 0.322 e. The molecule has 0 aliphatic carbocycles. The minimum atomic E-state index is -0.441. The lowest BCUT2D eigenvalue weighted by molar-refractivity contribution is -0.145. The van der Waals surface area contributed by atoms with E-state index in [9.17, 15) is 4.79 Å². The molecule has 0 spiro atoms. The van der Waals surface area contributed by atoms with Gasteiger partial charge >= 0.3 is 5.97 Å². The molecule has 15 heavy (non-hydrogen) atoms. The van der Waals surface area contributed by atoms with Crippen LogP contribution in [-0.4, -0.2) is 30.6 Å². The van der Waals surface area contributed by atoms with Crippen LogP contribution in [0.2, 0.25) is 0 Å². The van der Waals surface area contributed by atoms with Crippen molar-refractivity contribution in [3.8, 4) is 0 Å². The van der Waals surface area contributed by atoms with Gasteiger partial charge in [0.1, 0.15) is 6.04 Å². The fourth-order valence-electron chi connectivity index (χ4n) is 1.17. The van der Waals surface area contributed by atoms with Crippen molar-refractivity contribution >= 4 is 17.7 Å². The highest BCUT2D eigenvalue weighted by molar-refractivity contribution is 7.98. The van der Waals surface area contributed by atoms with Crippen molar-refractivity contribution in [2.75, 3.05) is 18.6 Å². The topological polar surface area (TPSA) is 52.3 Å². The van der Waals surface area contributed by atoms with Gasteiger partial charge in [-0.3, -0.25) is 4.79 Å². The normalized spacial score (nSPS) is 12.5. The summed E-state index contributed by atoms with van der Waals surface area (Å²) in [4.78, 5) is 11.3. The Hall–Kier alpha value is -0.220. The van der Waals surface area contributed by atoms with Crippen LogP contribution in [0.3, 0.4) is 0 Å². The minimum Gasteiger partial charge on any atom is -0.465 e. The van der Waals surface area contributed by atoms with Gasteiger partial charge in [0.25, 0.3) is 0 Å². The summed E-state index contributed by atoms with van der Waals surface area (Å²) in [7, 11) is 0. The summed E-state index contributed by atoms with van der Waals surface area (Å²) < 4.78 is 5.07. The Labute approximate surface area is 97.1 Å². The van der Waals surface area contributed by atoms with Crippen molar-refractivity contribution in [1.29, 1.82) is 0 Å². The standard InChI is InChI=1S/C11H23NO2S/c1-3-4-5-6-8-14-11(13)10(12)7-9-15-2/h10H,3-9,12H2,1-2H3/t10-/m0/s1. The van der Waals surface area contributed by atoms with Crippen molar-refractivity contribution in [1.82, 2.24) is 0 Å². The van der Waals surface area contributed by atoms with E-state index in [4.69, 9.17) is 10.5 Å². The van der Waals surface area contributed by atoms with Gasteiger partial charge < -0.3 is 10.5 Å². The van der Waals surface area contributed by atoms with Crippen LogP contribution in [0.1, 0.15) is 39.0 Å². The second-order valence-corrected chi connectivity index (χ2v) is 4.60. The number of nitrogens with two attached hydrogens (primary N) is 1. The molecule has 0 amide bonds. The van der Waals surface area contributed by atoms with Gasteiger partial charge in [0.2, 0.25) is 0 Å². The third kappa shape index (κ3) is 8.75. The average molecular weight is 233 g/mol. The Morgan fingerprint density at radius 3 is 2.73 bits per heavy atom. The molecule has 0 aliphatic rings. The van der Waals surface area contributed by atoms with Gasteiger partial charge in [-0.25, -0.2) is 0 Å². The van der Waals surface area contributed by atoms with Gasteiger partial charge in [-0.15, -0.1) is 0 Å². The highest BCUT2D eigenvalue weighted by Gasteiger charge is 2.13. The van der Waals surface area contributed by atoms with E-state index in [1.54, 1.807) is 11.8 Å². The van der Waals surface area contributed by atoms with E-state index in [1.165, 1.54) is 12.8 Å². The largest absolute Gasteiger partial charge is 0.465 e. The van der Waals surface area contributed by atoms with Crippen molar-refractivity contribution < 1.29 is 9.53 Å². The summed E-state index contributed by atoms with van der Waals surface area (Å²) in [6.45, 7) is 2.68. The zero-order chi connectivity index (χ0) is 11.5. The number of carbonyl (C=O) groups excluding carboxylic acids is 1. The SMILES string of the molecule is CCCCCCOC(=O)[C@@H](N)CCSC. The molecule has 90 valence electrons. The van der Waals surface area contributed by atoms with Gasteiger partial charge in [0.15, 0.2) is 0 Å². The first-order valence-electron chi connectivity index (χ1n) is 5.63. The van der Waals surface area contributed by atoms with Crippen molar-refractivity contribution in [3.63, 3.8) is 0 Å². The molecule has 0 saturated carbocycles. The van der Waals surface area contributed by atoms with Crippen LogP contribution in [0.25, 0.3) is 0 Å². The van der Waals surface area contributed by atoms with Crippen LogP contribution in [-0.2, 0) is 9.53 Å². The number of carbonyl (C=O) groups is 1. The lowest BCUT2D eigenvalue weighted by atomic mass is 10.2. The van der Waals surface area contributed by atoms with Crippen LogP contribution in [0.5, 0.6) is 0 Å². The quantitative estimate of drug-likeness (QED) is 0.490. The summed E-state index contributed by atoms with van der Waals surface area (Å²) in [6.07, 6.45) is 7.19. The molecule has 1 atom stereocenters. The summed E-state index contributed by atoms with van der Waals surface area (Å²) >= 11 is 1.69. The van der Waals surface area contributed by atoms with Crippen LogP contribution in [0, 0.1) is 0 Å². The molecular weight excluding hydrogens is 210 g/mol. The molecule has 4 heteroatoms. The van der Waals surface area contributed by atoms with Crippen LogP contribution in [0.15, 0.2) is 0 Å². The number of unbranched alkanes of at least 4 members (excludes halogenated alkanes) is 3. The maximum absolute atomic E-state index is 11.3. The number of ether oxygens (including phenoxy) is 1. The van der Waals surface area contributed by atoms with Crippen LogP contribution >= 0.6 is 11.8 Å². The molecule has 0 rings (SSSR count). The van der Waals surface area contributed by atoms with Gasteiger partial charge in [0, 0.05) is 0 Å². The summed E-state index contributed by atoms with van der Waals surface area (Å²) in [5.74, 6) is 0.659. The number of thioether (sulfide) groups is 1. The Kier molecular flexibility index (Phi) is 10.2. The van der Waals surface area contributed by atoms with Gasteiger partial charge in [-0.2, -0.15) is 11.8 Å². The molecule has 0 fully saturated rings. The predicted molar refractivity (Wildman–Crippen MR) is 66.1 cm³/mol. The molecule has 0 aromatic heterocycles. The molecule has 3 nitrogen and oxygen atoms in total. The Morgan fingerprint density at radius 2 is 2.13 bits per heavy atom. The molecule has 0 aliphatic heterocycles. The average Bonchev–Trinajstić information content (AvgIpc) is 2.25. The molecule has 0 bridgehead atoms. The van der Waals surface area contributed by atoms with Gasteiger partial charge in [-0.05, 0) is 24.9 Å². The zero-order valence-corrected chi connectivity index (χ0v) is 10.6. The molecule has 0 unspecified atom stereocenters. The fourth-order valence-corrected chi connectivity index (χ4v) is 1.66. The van der Waals surface area contributed by atoms with Crippen molar-refractivity contribution in [2.24, 2.45) is 5.73 Å². The van der Waals surface area contributed by atoms with Gasteiger partial charge in [0.05, 0.1) is 6.61 Å². The van der Waals surface area contributed by atoms with Crippen molar-refractivity contribution in [3.05, 3.63) is 0 Å². The number of esters is 1. The smallest absolute Gasteiger partial charge is 0.322 e. The Bertz CT molecular complexity index is 165. The van der Waals surface area contributed by atoms with Crippen molar-refractivity contribution in [2.45, 2.75) is 45.1 Å². The lowest BCUT2D eigenvalue weighted by Gasteiger charge is -2.10. The second-order valence-electron chi connectivity index (χ2n) is 3.62. The molecule has 0 heterocycles. The van der Waals surface area contributed by atoms with E-state index in [0.717, 1.165) is 18.6 Å². The fraction of sp³-hybridized carbons (Fsp3) is 0.909. The van der Waals surface area contributed by atoms with E-state index in [2.05, 4.69) is 6.92 Å². The summed E-state index contributed by atoms with van der Waals surface area (Å²) in [5.41, 5.74) is 5.66. The van der Waals surface area contributed by atoms with Gasteiger partial charge in [-0.1, -0.05) is 26.2 Å². The van der Waals surface area contributed by atoms with Crippen LogP contribution in [0.4, 0.5) is 0 Å². The summed E-state index contributed by atoms with van der Waals surface area (Å²) in [6, 6.07) is -0.441. The molecule has 0 radical (unpaired) electrons. The first kappa shape index (κ1) is 14.8. The third-order valence-electron chi connectivity index (χ3n) is 2.18. The number of hydrogen-bond donors (Lipinski definition) is 1. The van der Waals surface area contributed by atoms with E-state index in [0.29, 0.717) is 13.0 Å². The highest BCUT2D eigenvalue weighted by atomic mass is 32.2. The Morgan fingerprint density at radius 1 is 1.40 bits per heavy atom. The summed E-state index contributed by atoms with van der Waals surface area (Å²) in [5, 5.41) is 0. The highest BCUT2D eigenvalue weighted by Crippen LogP contribution is 2.02. The molecular formula is C11H23NO2S. The molecule has 0 aromatic carbocycles. The Balaban J connectivity index is 3.38. The minimum absolute atomic E-state index is 0.249. The molecule has 0 saturated heterocycles. The maximum atomic E-state index is 11.3. The van der Waals surface area contributed by atoms with E-state index in [-0.39, 0.29) is 5.97 Å². The monoisotopic (exact) mass is 233 g/mol. The third-order valence-corrected chi connectivity index (χ3v) is 2.82. The number of rotatable bonds is 9. The second kappa shape index (κ2) is 10.3. The van der Waals surface area contributed by atoms with Crippen LogP contribution < -0.4 is 5.73 Å². The van der Waals surface area contributed by atoms with E-state index >= 15 is 0 Å². The first-order valence-corrected chi connectivity index (χ1v) is 7.03. The molecule has 0 aromatic rings. The van der Waals surface area contributed by atoms with E-state index in [1.807, 2.05) is 6.26 Å². The predicted octanol–water partition coefficient (Wildman–Crippen LogP) is 2.19. The number of hydrogen-bond acceptors (Lipinski definition) is 4. The van der Waals surface area contributed by atoms with E-state index < -0.39 is 6.04 Å².